The van der Waals surface area contributed by atoms with Gasteiger partial charge in [-0.3, -0.25) is 4.68 Å². The Morgan fingerprint density at radius 2 is 2.29 bits per heavy atom. The summed E-state index contributed by atoms with van der Waals surface area (Å²) in [4.78, 5) is 0. The number of nitrogens with two attached hydrogens (primary N) is 1. The second kappa shape index (κ2) is 5.62. The molecule has 0 aromatic carbocycles. The van der Waals surface area contributed by atoms with Gasteiger partial charge in [0, 0.05) is 37.9 Å². The number of rotatable bonds is 4. The van der Waals surface area contributed by atoms with Crippen molar-refractivity contribution in [2.45, 2.75) is 31.3 Å². The maximum absolute atomic E-state index is 10.1. The molecular formula is C12H21N3O2. The number of aliphatic hydroxyl groups excluding tert-OH is 1. The van der Waals surface area contributed by atoms with Gasteiger partial charge in [0.25, 0.3) is 0 Å². The Morgan fingerprint density at radius 1 is 1.59 bits per heavy atom. The Hall–Kier alpha value is -0.910. The smallest absolute Gasteiger partial charge is 0.0835 e. The Balaban J connectivity index is 2.19. The Bertz CT molecular complexity index is 359. The SMILES string of the molecule is Cn1cc([C@H](O)CCN)c(C2CCOCC2)n1. The summed E-state index contributed by atoms with van der Waals surface area (Å²) in [5, 5.41) is 14.6. The van der Waals surface area contributed by atoms with Crippen LogP contribution in [0.15, 0.2) is 6.20 Å². The molecule has 1 aromatic rings. The van der Waals surface area contributed by atoms with Gasteiger partial charge in [0.05, 0.1) is 11.8 Å². The van der Waals surface area contributed by atoms with E-state index in [4.69, 9.17) is 10.5 Å². The van der Waals surface area contributed by atoms with Gasteiger partial charge in [0.15, 0.2) is 0 Å². The first-order valence-corrected chi connectivity index (χ1v) is 6.21. The summed E-state index contributed by atoms with van der Waals surface area (Å²) in [6.45, 7) is 2.06. The molecule has 0 unspecified atom stereocenters. The first-order chi connectivity index (χ1) is 8.22. The summed E-state index contributed by atoms with van der Waals surface area (Å²) in [7, 11) is 1.89. The van der Waals surface area contributed by atoms with E-state index >= 15 is 0 Å². The molecule has 0 amide bonds. The van der Waals surface area contributed by atoms with Gasteiger partial charge in [-0.05, 0) is 25.8 Å². The molecule has 0 bridgehead atoms. The van der Waals surface area contributed by atoms with Crippen LogP contribution in [-0.2, 0) is 11.8 Å². The van der Waals surface area contributed by atoms with Gasteiger partial charge in [0.2, 0.25) is 0 Å². The predicted molar refractivity (Wildman–Crippen MR) is 64.6 cm³/mol. The molecule has 0 radical (unpaired) electrons. The number of ether oxygens (including phenoxy) is 1. The molecule has 17 heavy (non-hydrogen) atoms. The fraction of sp³-hybridized carbons (Fsp3) is 0.750. The molecule has 1 atom stereocenters. The first-order valence-electron chi connectivity index (χ1n) is 6.21. The van der Waals surface area contributed by atoms with E-state index < -0.39 is 6.10 Å². The normalized spacial score (nSPS) is 19.5. The second-order valence-electron chi connectivity index (χ2n) is 4.62. The standard InChI is InChI=1S/C12H21N3O2/c1-15-8-10(11(16)2-5-13)12(14-15)9-3-6-17-7-4-9/h8-9,11,16H,2-7,13H2,1H3/t11-/m1/s1. The van der Waals surface area contributed by atoms with Crippen LogP contribution in [0.25, 0.3) is 0 Å². The zero-order valence-electron chi connectivity index (χ0n) is 10.3. The highest BCUT2D eigenvalue weighted by Gasteiger charge is 2.24. The average molecular weight is 239 g/mol. The van der Waals surface area contributed by atoms with Gasteiger partial charge in [-0.15, -0.1) is 0 Å². The molecule has 2 heterocycles. The summed E-state index contributed by atoms with van der Waals surface area (Å²) in [6, 6.07) is 0. The Labute approximate surface area is 102 Å². The average Bonchev–Trinajstić information content (AvgIpc) is 2.73. The molecule has 1 aliphatic heterocycles. The van der Waals surface area contributed by atoms with Crippen molar-refractivity contribution in [2.75, 3.05) is 19.8 Å². The summed E-state index contributed by atoms with van der Waals surface area (Å²) in [5.41, 5.74) is 7.45. The van der Waals surface area contributed by atoms with E-state index in [-0.39, 0.29) is 0 Å². The van der Waals surface area contributed by atoms with E-state index in [1.165, 1.54) is 0 Å². The van der Waals surface area contributed by atoms with Crippen LogP contribution in [0.1, 0.15) is 42.5 Å². The summed E-state index contributed by atoms with van der Waals surface area (Å²) in [6.07, 6.45) is 3.97. The quantitative estimate of drug-likeness (QED) is 0.811. The predicted octanol–water partition coefficient (Wildman–Crippen LogP) is 0.696. The molecule has 2 rings (SSSR count). The lowest BCUT2D eigenvalue weighted by molar-refractivity contribution is 0.0832. The van der Waals surface area contributed by atoms with Gasteiger partial charge < -0.3 is 15.6 Å². The van der Waals surface area contributed by atoms with Gasteiger partial charge in [0.1, 0.15) is 0 Å². The number of aryl methyl sites for hydroxylation is 1. The van der Waals surface area contributed by atoms with E-state index in [1.54, 1.807) is 4.68 Å². The summed E-state index contributed by atoms with van der Waals surface area (Å²) in [5.74, 6) is 0.410. The number of aliphatic hydroxyl groups is 1. The van der Waals surface area contributed by atoms with Crippen molar-refractivity contribution < 1.29 is 9.84 Å². The molecule has 0 saturated carbocycles. The van der Waals surface area contributed by atoms with Gasteiger partial charge in [-0.25, -0.2) is 0 Å². The van der Waals surface area contributed by atoms with Gasteiger partial charge >= 0.3 is 0 Å². The second-order valence-corrected chi connectivity index (χ2v) is 4.62. The van der Waals surface area contributed by atoms with Gasteiger partial charge in [-0.2, -0.15) is 5.10 Å². The summed E-state index contributed by atoms with van der Waals surface area (Å²) >= 11 is 0. The van der Waals surface area contributed by atoms with Crippen molar-refractivity contribution in [3.8, 4) is 0 Å². The molecule has 1 aliphatic rings. The molecule has 1 saturated heterocycles. The van der Waals surface area contributed by atoms with Crippen LogP contribution >= 0.6 is 0 Å². The number of hydrogen-bond acceptors (Lipinski definition) is 4. The minimum Gasteiger partial charge on any atom is -0.388 e. The minimum atomic E-state index is -0.494. The minimum absolute atomic E-state index is 0.410. The molecule has 0 spiro atoms. The van der Waals surface area contributed by atoms with Crippen LogP contribution < -0.4 is 5.73 Å². The topological polar surface area (TPSA) is 73.3 Å². The fourth-order valence-electron chi connectivity index (χ4n) is 2.38. The van der Waals surface area contributed by atoms with Crippen molar-refractivity contribution in [3.05, 3.63) is 17.5 Å². The Morgan fingerprint density at radius 3 is 2.94 bits per heavy atom. The lowest BCUT2D eigenvalue weighted by atomic mass is 9.92. The van der Waals surface area contributed by atoms with Crippen molar-refractivity contribution in [3.63, 3.8) is 0 Å². The third-order valence-corrected chi connectivity index (χ3v) is 3.29. The van der Waals surface area contributed by atoms with Gasteiger partial charge in [-0.1, -0.05) is 0 Å². The van der Waals surface area contributed by atoms with E-state index in [0.717, 1.165) is 37.3 Å². The third-order valence-electron chi connectivity index (χ3n) is 3.29. The molecule has 1 fully saturated rings. The van der Waals surface area contributed by atoms with E-state index in [2.05, 4.69) is 5.10 Å². The van der Waals surface area contributed by atoms with Crippen LogP contribution in [-0.4, -0.2) is 34.6 Å². The zero-order chi connectivity index (χ0) is 12.3. The third kappa shape index (κ3) is 2.86. The fourth-order valence-corrected chi connectivity index (χ4v) is 2.38. The lowest BCUT2D eigenvalue weighted by Gasteiger charge is -2.22. The van der Waals surface area contributed by atoms with Crippen LogP contribution in [0.4, 0.5) is 0 Å². The number of aromatic nitrogens is 2. The highest BCUT2D eigenvalue weighted by Crippen LogP contribution is 2.31. The van der Waals surface area contributed by atoms with Crippen LogP contribution in [0.5, 0.6) is 0 Å². The van der Waals surface area contributed by atoms with Crippen molar-refractivity contribution in [2.24, 2.45) is 12.8 Å². The van der Waals surface area contributed by atoms with Crippen LogP contribution in [0.3, 0.4) is 0 Å². The van der Waals surface area contributed by atoms with Crippen molar-refractivity contribution >= 4 is 0 Å². The molecule has 0 aliphatic carbocycles. The highest BCUT2D eigenvalue weighted by atomic mass is 16.5. The van der Waals surface area contributed by atoms with Crippen molar-refractivity contribution in [1.29, 1.82) is 0 Å². The van der Waals surface area contributed by atoms with E-state index in [0.29, 0.717) is 18.9 Å². The molecule has 5 nitrogen and oxygen atoms in total. The van der Waals surface area contributed by atoms with E-state index in [1.807, 2.05) is 13.2 Å². The zero-order valence-corrected chi connectivity index (χ0v) is 10.3. The van der Waals surface area contributed by atoms with Crippen LogP contribution in [0, 0.1) is 0 Å². The highest BCUT2D eigenvalue weighted by molar-refractivity contribution is 5.24. The van der Waals surface area contributed by atoms with Crippen LogP contribution in [0.2, 0.25) is 0 Å². The number of hydrogen-bond donors (Lipinski definition) is 2. The lowest BCUT2D eigenvalue weighted by Crippen LogP contribution is -2.17. The number of nitrogens with zero attached hydrogens (tertiary/aromatic N) is 2. The molecule has 5 heteroatoms. The van der Waals surface area contributed by atoms with Crippen molar-refractivity contribution in [1.82, 2.24) is 9.78 Å². The monoisotopic (exact) mass is 239 g/mol. The molecular weight excluding hydrogens is 218 g/mol. The Kier molecular flexibility index (Phi) is 4.15. The summed E-state index contributed by atoms with van der Waals surface area (Å²) < 4.78 is 7.14. The largest absolute Gasteiger partial charge is 0.388 e. The maximum Gasteiger partial charge on any atom is 0.0835 e. The maximum atomic E-state index is 10.1. The molecule has 96 valence electrons. The molecule has 3 N–H and O–H groups in total. The molecule has 1 aromatic heterocycles. The first kappa shape index (κ1) is 12.5. The van der Waals surface area contributed by atoms with E-state index in [9.17, 15) is 5.11 Å².